The number of likely N-dealkylation sites (N-methyl/N-ethyl adjacent to an activating group) is 1. The van der Waals surface area contributed by atoms with Crippen LogP contribution >= 0.6 is 0 Å². The highest BCUT2D eigenvalue weighted by molar-refractivity contribution is 7.89. The Morgan fingerprint density at radius 3 is 2.15 bits per heavy atom. The van der Waals surface area contributed by atoms with Crippen LogP contribution in [0.2, 0.25) is 0 Å². The number of Topliss-reactive ketones (excluding diaryl/α,β-unsaturated/α-hetero) is 1. The molecule has 0 aromatic heterocycles. The molecule has 6 nitrogen and oxygen atoms in total. The van der Waals surface area contributed by atoms with E-state index in [1.54, 1.807) is 20.3 Å². The molecule has 0 bridgehead atoms. The molecule has 7 heteroatoms. The average molecular weight is 377 g/mol. The normalized spacial score (nSPS) is 11.4. The molecule has 0 atom stereocenters. The zero-order valence-electron chi connectivity index (χ0n) is 15.4. The Morgan fingerprint density at radius 1 is 1.00 bits per heavy atom. The van der Waals surface area contributed by atoms with Crippen LogP contribution in [-0.4, -0.2) is 46.3 Å². The fraction of sp³-hybridized carbons (Fsp3) is 0.316. The Morgan fingerprint density at radius 2 is 1.62 bits per heavy atom. The maximum atomic E-state index is 12.7. The van der Waals surface area contributed by atoms with Crippen molar-refractivity contribution in [1.82, 2.24) is 4.31 Å². The number of carbonyl (C=O) groups is 1. The molecule has 0 N–H and O–H groups in total. The lowest BCUT2D eigenvalue weighted by Crippen LogP contribution is -2.29. The van der Waals surface area contributed by atoms with E-state index in [-0.39, 0.29) is 10.7 Å². The van der Waals surface area contributed by atoms with E-state index < -0.39 is 10.0 Å². The third-order valence-corrected chi connectivity index (χ3v) is 6.00. The number of hydrogen-bond donors (Lipinski definition) is 0. The highest BCUT2D eigenvalue weighted by atomic mass is 32.2. The maximum Gasteiger partial charge on any atom is 0.242 e. The first kappa shape index (κ1) is 19.9. The molecule has 0 unspecified atom stereocenters. The Labute approximate surface area is 154 Å². The zero-order valence-corrected chi connectivity index (χ0v) is 16.2. The van der Waals surface area contributed by atoms with Crippen LogP contribution in [0, 0.1) is 0 Å². The van der Waals surface area contributed by atoms with Crippen LogP contribution in [0.4, 0.5) is 0 Å². The van der Waals surface area contributed by atoms with Crippen molar-refractivity contribution < 1.29 is 22.7 Å². The minimum Gasteiger partial charge on any atom is -0.493 e. The van der Waals surface area contributed by atoms with Crippen molar-refractivity contribution in [2.45, 2.75) is 18.2 Å². The smallest absolute Gasteiger partial charge is 0.242 e. The van der Waals surface area contributed by atoms with Gasteiger partial charge in [0.25, 0.3) is 0 Å². The van der Waals surface area contributed by atoms with Gasteiger partial charge in [0.1, 0.15) is 0 Å². The van der Waals surface area contributed by atoms with Crippen LogP contribution in [0.25, 0.3) is 0 Å². The Hall–Kier alpha value is -2.38. The van der Waals surface area contributed by atoms with E-state index in [0.29, 0.717) is 30.0 Å². The van der Waals surface area contributed by atoms with Crippen LogP contribution in [0.3, 0.4) is 0 Å². The quantitative estimate of drug-likeness (QED) is 0.662. The Balaban J connectivity index is 2.11. The summed E-state index contributed by atoms with van der Waals surface area (Å²) in [5, 5.41) is 0. The van der Waals surface area contributed by atoms with E-state index in [0.717, 1.165) is 5.56 Å². The van der Waals surface area contributed by atoms with Gasteiger partial charge >= 0.3 is 0 Å². The molecular formula is C19H23NO5S. The van der Waals surface area contributed by atoms with E-state index in [1.807, 2.05) is 12.1 Å². The summed E-state index contributed by atoms with van der Waals surface area (Å²) in [6, 6.07) is 11.5. The van der Waals surface area contributed by atoms with Gasteiger partial charge in [-0.2, -0.15) is 0 Å². The molecule has 0 spiro atoms. The van der Waals surface area contributed by atoms with Crippen molar-refractivity contribution in [3.63, 3.8) is 0 Å². The van der Waals surface area contributed by atoms with Gasteiger partial charge < -0.3 is 9.47 Å². The van der Waals surface area contributed by atoms with Crippen LogP contribution in [0.1, 0.15) is 22.8 Å². The van der Waals surface area contributed by atoms with Gasteiger partial charge in [0.2, 0.25) is 10.0 Å². The van der Waals surface area contributed by atoms with Gasteiger partial charge in [0.05, 0.1) is 19.1 Å². The molecule has 0 fully saturated rings. The summed E-state index contributed by atoms with van der Waals surface area (Å²) in [5.41, 5.74) is 1.42. The lowest BCUT2D eigenvalue weighted by Gasteiger charge is -2.18. The fourth-order valence-electron chi connectivity index (χ4n) is 2.48. The van der Waals surface area contributed by atoms with Crippen LogP contribution in [0.5, 0.6) is 11.5 Å². The topological polar surface area (TPSA) is 72.9 Å². The molecule has 0 saturated heterocycles. The minimum absolute atomic E-state index is 0.101. The molecule has 2 aromatic rings. The first-order chi connectivity index (χ1) is 12.3. The second-order valence-electron chi connectivity index (χ2n) is 5.85. The summed E-state index contributed by atoms with van der Waals surface area (Å²) >= 11 is 0. The summed E-state index contributed by atoms with van der Waals surface area (Å²) in [7, 11) is 1.05. The molecule has 0 aliphatic rings. The van der Waals surface area contributed by atoms with Crippen LogP contribution in [-0.2, 0) is 16.4 Å². The number of hydrogen-bond acceptors (Lipinski definition) is 5. The zero-order chi connectivity index (χ0) is 19.3. The van der Waals surface area contributed by atoms with E-state index in [4.69, 9.17) is 9.47 Å². The molecule has 0 heterocycles. The van der Waals surface area contributed by atoms with Crippen molar-refractivity contribution >= 4 is 15.8 Å². The van der Waals surface area contributed by atoms with E-state index in [1.165, 1.54) is 42.5 Å². The number of benzene rings is 2. The van der Waals surface area contributed by atoms with Gasteiger partial charge in [-0.05, 0) is 43.2 Å². The van der Waals surface area contributed by atoms with Gasteiger partial charge in [0, 0.05) is 19.2 Å². The standard InChI is InChI=1S/C19H23NO5S/c1-14(21)16-6-8-17(9-7-16)26(22,23)20(2)12-11-15-5-10-18(24-3)19(13-15)25-4/h5-10,13H,11-12H2,1-4H3. The summed E-state index contributed by atoms with van der Waals surface area (Å²) in [5.74, 6) is 1.13. The number of carbonyl (C=O) groups excluding carboxylic acids is 1. The first-order valence-corrected chi connectivity index (χ1v) is 9.52. The number of nitrogens with zero attached hydrogens (tertiary/aromatic N) is 1. The summed E-state index contributed by atoms with van der Waals surface area (Å²) in [6.45, 7) is 1.75. The average Bonchev–Trinajstić information content (AvgIpc) is 2.65. The number of methoxy groups -OCH3 is 2. The monoisotopic (exact) mass is 377 g/mol. The van der Waals surface area contributed by atoms with Crippen molar-refractivity contribution in [1.29, 1.82) is 0 Å². The number of sulfonamides is 1. The van der Waals surface area contributed by atoms with E-state index in [9.17, 15) is 13.2 Å². The summed E-state index contributed by atoms with van der Waals surface area (Å²) in [4.78, 5) is 11.5. The van der Waals surface area contributed by atoms with E-state index >= 15 is 0 Å². The molecule has 0 aliphatic carbocycles. The predicted molar refractivity (Wildman–Crippen MR) is 99.5 cm³/mol. The van der Waals surface area contributed by atoms with Crippen molar-refractivity contribution in [3.05, 3.63) is 53.6 Å². The number of ketones is 1. The summed E-state index contributed by atoms with van der Waals surface area (Å²) in [6.07, 6.45) is 0.529. The Kier molecular flexibility index (Phi) is 6.39. The van der Waals surface area contributed by atoms with Gasteiger partial charge in [-0.15, -0.1) is 0 Å². The van der Waals surface area contributed by atoms with Crippen LogP contribution in [0.15, 0.2) is 47.4 Å². The third-order valence-electron chi connectivity index (χ3n) is 4.13. The molecule has 2 aromatic carbocycles. The lowest BCUT2D eigenvalue weighted by atomic mass is 10.1. The molecule has 0 radical (unpaired) electrons. The van der Waals surface area contributed by atoms with Gasteiger partial charge in [-0.1, -0.05) is 18.2 Å². The molecule has 0 saturated carbocycles. The minimum atomic E-state index is -3.61. The van der Waals surface area contributed by atoms with Crippen molar-refractivity contribution in [3.8, 4) is 11.5 Å². The lowest BCUT2D eigenvalue weighted by molar-refractivity contribution is 0.101. The fourth-order valence-corrected chi connectivity index (χ4v) is 3.66. The SMILES string of the molecule is COc1ccc(CCN(C)S(=O)(=O)c2ccc(C(C)=O)cc2)cc1OC. The Bertz CT molecular complexity index is 875. The predicted octanol–water partition coefficient (Wildman–Crippen LogP) is 2.77. The molecular weight excluding hydrogens is 354 g/mol. The second kappa shape index (κ2) is 8.33. The van der Waals surface area contributed by atoms with Gasteiger partial charge in [-0.3, -0.25) is 4.79 Å². The van der Waals surface area contributed by atoms with Gasteiger partial charge in [0.15, 0.2) is 17.3 Å². The summed E-state index contributed by atoms with van der Waals surface area (Å²) < 4.78 is 37.1. The number of ether oxygens (including phenoxy) is 2. The molecule has 0 aliphatic heterocycles. The first-order valence-electron chi connectivity index (χ1n) is 8.08. The number of rotatable bonds is 8. The molecule has 0 amide bonds. The highest BCUT2D eigenvalue weighted by Crippen LogP contribution is 2.28. The van der Waals surface area contributed by atoms with E-state index in [2.05, 4.69) is 0 Å². The maximum absolute atomic E-state index is 12.7. The van der Waals surface area contributed by atoms with Gasteiger partial charge in [-0.25, -0.2) is 12.7 Å². The molecule has 2 rings (SSSR count). The molecule has 140 valence electrons. The largest absolute Gasteiger partial charge is 0.493 e. The highest BCUT2D eigenvalue weighted by Gasteiger charge is 2.20. The van der Waals surface area contributed by atoms with Crippen molar-refractivity contribution in [2.24, 2.45) is 0 Å². The molecule has 26 heavy (non-hydrogen) atoms. The van der Waals surface area contributed by atoms with Crippen LogP contribution < -0.4 is 9.47 Å². The third kappa shape index (κ3) is 4.42. The second-order valence-corrected chi connectivity index (χ2v) is 7.89. The van der Waals surface area contributed by atoms with Crippen molar-refractivity contribution in [2.75, 3.05) is 27.8 Å².